The monoisotopic (exact) mass is 282 g/mol. The molecule has 0 bridgehead atoms. The highest BCUT2D eigenvalue weighted by molar-refractivity contribution is 7.17. The first-order valence-electron chi connectivity index (χ1n) is 6.73. The van der Waals surface area contributed by atoms with E-state index < -0.39 is 6.10 Å². The average Bonchev–Trinajstić information content (AvgIpc) is 3.12. The molecule has 1 atom stereocenters. The van der Waals surface area contributed by atoms with Gasteiger partial charge in [-0.15, -0.1) is 11.3 Å². The van der Waals surface area contributed by atoms with Gasteiger partial charge < -0.3 is 9.84 Å². The van der Waals surface area contributed by atoms with Crippen LogP contribution in [-0.4, -0.2) is 11.7 Å². The summed E-state index contributed by atoms with van der Waals surface area (Å²) in [5.74, 6) is 0.871. The second-order valence-corrected chi connectivity index (χ2v) is 5.93. The topological polar surface area (TPSA) is 29.5 Å². The van der Waals surface area contributed by atoms with Crippen molar-refractivity contribution in [3.8, 4) is 5.75 Å². The zero-order chi connectivity index (χ0) is 13.5. The van der Waals surface area contributed by atoms with Crippen molar-refractivity contribution in [2.45, 2.75) is 12.5 Å². The van der Waals surface area contributed by atoms with Crippen molar-refractivity contribution < 1.29 is 9.84 Å². The van der Waals surface area contributed by atoms with Gasteiger partial charge in [-0.2, -0.15) is 0 Å². The van der Waals surface area contributed by atoms with Crippen molar-refractivity contribution in [2.24, 2.45) is 0 Å². The number of thiophene rings is 1. The van der Waals surface area contributed by atoms with E-state index in [1.807, 2.05) is 29.6 Å². The highest BCUT2D eigenvalue weighted by Gasteiger charge is 2.23. The third-order valence-corrected chi connectivity index (χ3v) is 4.83. The first-order valence-corrected chi connectivity index (χ1v) is 7.61. The van der Waals surface area contributed by atoms with E-state index in [9.17, 15) is 5.11 Å². The van der Waals surface area contributed by atoms with Gasteiger partial charge in [0.1, 0.15) is 11.9 Å². The van der Waals surface area contributed by atoms with Crippen LogP contribution in [0.3, 0.4) is 0 Å². The molecule has 3 aromatic rings. The molecule has 1 N–H and O–H groups in total. The van der Waals surface area contributed by atoms with Gasteiger partial charge in [0.2, 0.25) is 0 Å². The van der Waals surface area contributed by atoms with Gasteiger partial charge in [-0.3, -0.25) is 0 Å². The van der Waals surface area contributed by atoms with Crippen molar-refractivity contribution in [3.63, 3.8) is 0 Å². The largest absolute Gasteiger partial charge is 0.493 e. The zero-order valence-electron chi connectivity index (χ0n) is 10.9. The van der Waals surface area contributed by atoms with Crippen LogP contribution in [-0.2, 0) is 6.42 Å². The molecule has 20 heavy (non-hydrogen) atoms. The van der Waals surface area contributed by atoms with E-state index in [-0.39, 0.29) is 0 Å². The molecule has 3 heteroatoms. The predicted molar refractivity (Wildman–Crippen MR) is 81.5 cm³/mol. The Kier molecular flexibility index (Phi) is 2.76. The lowest BCUT2D eigenvalue weighted by atomic mass is 9.98. The molecule has 0 saturated heterocycles. The Morgan fingerprint density at radius 2 is 1.95 bits per heavy atom. The van der Waals surface area contributed by atoms with Gasteiger partial charge in [0.15, 0.2) is 0 Å². The summed E-state index contributed by atoms with van der Waals surface area (Å²) in [6.45, 7) is 0.712. The maximum Gasteiger partial charge on any atom is 0.128 e. The molecule has 0 spiro atoms. The molecule has 1 unspecified atom stereocenters. The minimum atomic E-state index is -0.626. The van der Waals surface area contributed by atoms with Crippen LogP contribution in [0.4, 0.5) is 0 Å². The summed E-state index contributed by atoms with van der Waals surface area (Å²) < 4.78 is 6.91. The fraction of sp³-hybridized carbons (Fsp3) is 0.176. The van der Waals surface area contributed by atoms with E-state index in [2.05, 4.69) is 18.2 Å². The van der Waals surface area contributed by atoms with Crippen LogP contribution in [0.2, 0.25) is 0 Å². The lowest BCUT2D eigenvalue weighted by Gasteiger charge is -2.14. The highest BCUT2D eigenvalue weighted by Crippen LogP contribution is 2.39. The molecule has 0 saturated carbocycles. The Labute approximate surface area is 121 Å². The van der Waals surface area contributed by atoms with Crippen molar-refractivity contribution in [3.05, 3.63) is 64.5 Å². The van der Waals surface area contributed by atoms with Crippen LogP contribution in [0, 0.1) is 0 Å². The van der Waals surface area contributed by atoms with E-state index in [0.717, 1.165) is 28.7 Å². The maximum absolute atomic E-state index is 10.8. The summed E-state index contributed by atoms with van der Waals surface area (Å²) in [7, 11) is 0. The van der Waals surface area contributed by atoms with Gasteiger partial charge in [0.25, 0.3) is 0 Å². The lowest BCUT2D eigenvalue weighted by Crippen LogP contribution is -2.01. The molecule has 100 valence electrons. The predicted octanol–water partition coefficient (Wildman–Crippen LogP) is 3.92. The summed E-state index contributed by atoms with van der Waals surface area (Å²) in [5, 5.41) is 13.9. The van der Waals surface area contributed by atoms with Crippen LogP contribution >= 0.6 is 11.3 Å². The van der Waals surface area contributed by atoms with Crippen molar-refractivity contribution in [1.29, 1.82) is 0 Å². The third-order valence-electron chi connectivity index (χ3n) is 3.84. The van der Waals surface area contributed by atoms with Crippen molar-refractivity contribution in [2.75, 3.05) is 6.61 Å². The van der Waals surface area contributed by atoms with E-state index in [1.165, 1.54) is 10.3 Å². The smallest absolute Gasteiger partial charge is 0.128 e. The summed E-state index contributed by atoms with van der Waals surface area (Å²) in [6, 6.07) is 14.2. The van der Waals surface area contributed by atoms with Gasteiger partial charge >= 0.3 is 0 Å². The fourth-order valence-corrected chi connectivity index (χ4v) is 3.81. The van der Waals surface area contributed by atoms with Crippen LogP contribution in [0.5, 0.6) is 5.75 Å². The Bertz CT molecular complexity index is 776. The van der Waals surface area contributed by atoms with Gasteiger partial charge in [-0.1, -0.05) is 36.4 Å². The SMILES string of the molecule is OC(c1cccc2c1OCC2)c1csc2ccccc12. The van der Waals surface area contributed by atoms with Crippen molar-refractivity contribution in [1.82, 2.24) is 0 Å². The zero-order valence-corrected chi connectivity index (χ0v) is 11.7. The van der Waals surface area contributed by atoms with Crippen LogP contribution < -0.4 is 4.74 Å². The minimum absolute atomic E-state index is 0.626. The summed E-state index contributed by atoms with van der Waals surface area (Å²) >= 11 is 1.67. The number of aliphatic hydroxyl groups excluding tert-OH is 1. The second kappa shape index (κ2) is 4.62. The molecule has 2 nitrogen and oxygen atoms in total. The number of rotatable bonds is 2. The number of para-hydroxylation sites is 1. The molecule has 1 aliphatic rings. The van der Waals surface area contributed by atoms with E-state index in [4.69, 9.17) is 4.74 Å². The minimum Gasteiger partial charge on any atom is -0.493 e. The van der Waals surface area contributed by atoms with E-state index in [0.29, 0.717) is 6.61 Å². The van der Waals surface area contributed by atoms with Gasteiger partial charge in [0.05, 0.1) is 6.61 Å². The molecule has 0 amide bonds. The Morgan fingerprint density at radius 1 is 1.05 bits per heavy atom. The molecule has 2 heterocycles. The molecular weight excluding hydrogens is 268 g/mol. The Balaban J connectivity index is 1.85. The number of aliphatic hydroxyl groups is 1. The lowest BCUT2D eigenvalue weighted by molar-refractivity contribution is 0.215. The Morgan fingerprint density at radius 3 is 2.90 bits per heavy atom. The summed E-state index contributed by atoms with van der Waals surface area (Å²) in [5.41, 5.74) is 3.04. The van der Waals surface area contributed by atoms with Crippen LogP contribution in [0.15, 0.2) is 47.8 Å². The second-order valence-electron chi connectivity index (χ2n) is 5.02. The van der Waals surface area contributed by atoms with Crippen LogP contribution in [0.25, 0.3) is 10.1 Å². The van der Waals surface area contributed by atoms with E-state index >= 15 is 0 Å². The average molecular weight is 282 g/mol. The van der Waals surface area contributed by atoms with E-state index in [1.54, 1.807) is 11.3 Å². The first-order chi connectivity index (χ1) is 9.84. The number of ether oxygens (including phenoxy) is 1. The summed E-state index contributed by atoms with van der Waals surface area (Å²) in [6.07, 6.45) is 0.305. The molecule has 4 rings (SSSR count). The molecule has 1 aliphatic heterocycles. The van der Waals surface area contributed by atoms with Gasteiger partial charge in [-0.25, -0.2) is 0 Å². The molecular formula is C17H14O2S. The van der Waals surface area contributed by atoms with Crippen LogP contribution in [0.1, 0.15) is 22.8 Å². The fourth-order valence-electron chi connectivity index (χ4n) is 2.83. The van der Waals surface area contributed by atoms with Crippen molar-refractivity contribution >= 4 is 21.4 Å². The molecule has 2 aromatic carbocycles. The molecule has 0 radical (unpaired) electrons. The standard InChI is InChI=1S/C17H14O2S/c18-16(13-6-3-4-11-8-9-19-17(11)13)14-10-20-15-7-2-1-5-12(14)15/h1-7,10,16,18H,8-9H2. The number of hydrogen-bond acceptors (Lipinski definition) is 3. The van der Waals surface area contributed by atoms with Gasteiger partial charge in [0, 0.05) is 22.2 Å². The normalized spacial score (nSPS) is 15.1. The molecule has 0 fully saturated rings. The number of benzene rings is 2. The van der Waals surface area contributed by atoms with Gasteiger partial charge in [-0.05, 0) is 22.4 Å². The maximum atomic E-state index is 10.8. The number of fused-ring (bicyclic) bond motifs is 2. The third kappa shape index (κ3) is 1.74. The molecule has 0 aliphatic carbocycles. The first kappa shape index (κ1) is 11.9. The molecule has 1 aromatic heterocycles. The summed E-state index contributed by atoms with van der Waals surface area (Å²) in [4.78, 5) is 0. The highest BCUT2D eigenvalue weighted by atomic mass is 32.1. The Hall–Kier alpha value is -1.84. The number of hydrogen-bond donors (Lipinski definition) is 1. The quantitative estimate of drug-likeness (QED) is 0.772.